The molecule has 0 spiro atoms. The summed E-state index contributed by atoms with van der Waals surface area (Å²) in [6.45, 7) is 8.46. The average molecular weight is 442 g/mol. The van der Waals surface area contributed by atoms with E-state index in [2.05, 4.69) is 54.3 Å². The van der Waals surface area contributed by atoms with Gasteiger partial charge < -0.3 is 4.55 Å². The summed E-state index contributed by atoms with van der Waals surface area (Å²) in [5.74, 6) is 2.69. The van der Waals surface area contributed by atoms with E-state index in [0.29, 0.717) is 20.9 Å². The Bertz CT molecular complexity index is 674. The molecule has 0 saturated heterocycles. The Balaban J connectivity index is 0.000000609. The van der Waals surface area contributed by atoms with Crippen LogP contribution in [-0.4, -0.2) is 44.6 Å². The summed E-state index contributed by atoms with van der Waals surface area (Å²) in [5, 5.41) is 0. The van der Waals surface area contributed by atoms with Gasteiger partial charge in [-0.05, 0) is 0 Å². The third kappa shape index (κ3) is 9.02. The van der Waals surface area contributed by atoms with E-state index in [1.807, 2.05) is 12.2 Å². The Hall–Kier alpha value is -1.41. The van der Waals surface area contributed by atoms with Crippen molar-refractivity contribution in [2.45, 2.75) is 23.7 Å². The first-order chi connectivity index (χ1) is 11.6. The molecular formula is C16H20F3NO3SSe. The average Bonchev–Trinajstić information content (AvgIpc) is 2.54. The molecular weight excluding hydrogens is 422 g/mol. The van der Waals surface area contributed by atoms with Gasteiger partial charge in [0.2, 0.25) is 0 Å². The molecule has 0 aromatic heterocycles. The molecule has 1 rings (SSSR count). The van der Waals surface area contributed by atoms with Crippen LogP contribution in [0.1, 0.15) is 17.9 Å². The van der Waals surface area contributed by atoms with Gasteiger partial charge in [0, 0.05) is 0 Å². The maximum atomic E-state index is 10.7. The molecule has 0 aliphatic carbocycles. The molecule has 1 aromatic rings. The molecule has 1 N–H and O–H groups in total. The number of halogens is 3. The van der Waals surface area contributed by atoms with Gasteiger partial charge in [-0.2, -0.15) is 13.2 Å². The Morgan fingerprint density at radius 1 is 1.28 bits per heavy atom. The molecule has 0 aliphatic heterocycles. The van der Waals surface area contributed by atoms with Crippen LogP contribution in [0.3, 0.4) is 0 Å². The second-order valence-electron chi connectivity index (χ2n) is 4.63. The quantitative estimate of drug-likeness (QED) is 0.230. The van der Waals surface area contributed by atoms with Crippen LogP contribution in [-0.2, 0) is 10.1 Å². The predicted octanol–water partition coefficient (Wildman–Crippen LogP) is 1.82. The number of hydrogen-bond donors (Lipinski definition) is 1. The zero-order valence-corrected chi connectivity index (χ0v) is 16.2. The van der Waals surface area contributed by atoms with Crippen molar-refractivity contribution >= 4 is 29.7 Å². The fourth-order valence-electron chi connectivity index (χ4n) is 1.76. The SMILES string of the molecule is C=CC[NH+]=C([Se]C)C(CC=C)c1ccccc1.O=S(=O)([O-])C(F)(F)F. The molecule has 0 fully saturated rings. The Labute approximate surface area is 152 Å². The van der Waals surface area contributed by atoms with Crippen molar-refractivity contribution in [1.82, 2.24) is 0 Å². The van der Waals surface area contributed by atoms with Crippen molar-refractivity contribution in [1.29, 1.82) is 0 Å². The van der Waals surface area contributed by atoms with E-state index in [-0.39, 0.29) is 0 Å². The first kappa shape index (κ1) is 23.6. The molecule has 1 aromatic carbocycles. The van der Waals surface area contributed by atoms with Gasteiger partial charge in [-0.1, -0.05) is 0 Å². The monoisotopic (exact) mass is 443 g/mol. The van der Waals surface area contributed by atoms with Gasteiger partial charge in [0.15, 0.2) is 10.1 Å². The molecule has 4 nitrogen and oxygen atoms in total. The molecule has 0 bridgehead atoms. The van der Waals surface area contributed by atoms with Gasteiger partial charge in [-0.15, -0.1) is 0 Å². The fourth-order valence-corrected chi connectivity index (χ4v) is 3.32. The molecule has 0 amide bonds. The summed E-state index contributed by atoms with van der Waals surface area (Å²) >= 11 is 0.479. The Kier molecular flexibility index (Phi) is 10.6. The van der Waals surface area contributed by atoms with Crippen LogP contribution < -0.4 is 4.99 Å². The van der Waals surface area contributed by atoms with Crippen molar-refractivity contribution in [2.24, 2.45) is 0 Å². The largest absolute Gasteiger partial charge is 0.741 e. The third-order valence-corrected chi connectivity index (χ3v) is 5.23. The Morgan fingerprint density at radius 3 is 2.16 bits per heavy atom. The number of allylic oxidation sites excluding steroid dienone is 1. The number of alkyl halides is 3. The Morgan fingerprint density at radius 2 is 1.80 bits per heavy atom. The van der Waals surface area contributed by atoms with E-state index in [9.17, 15) is 13.2 Å². The van der Waals surface area contributed by atoms with Crippen LogP contribution in [0, 0.1) is 0 Å². The topological polar surface area (TPSA) is 71.2 Å². The second kappa shape index (κ2) is 11.3. The minimum Gasteiger partial charge on any atom is -0.741 e. The fraction of sp³-hybridized carbons (Fsp3) is 0.312. The minimum absolute atomic E-state index is 0.443. The second-order valence-corrected chi connectivity index (χ2v) is 7.78. The van der Waals surface area contributed by atoms with Crippen molar-refractivity contribution in [2.75, 3.05) is 6.54 Å². The van der Waals surface area contributed by atoms with E-state index in [1.54, 1.807) is 0 Å². The molecule has 1 unspecified atom stereocenters. The van der Waals surface area contributed by atoms with E-state index in [0.717, 1.165) is 13.0 Å². The summed E-state index contributed by atoms with van der Waals surface area (Å²) in [5.41, 5.74) is -4.28. The zero-order chi connectivity index (χ0) is 19.5. The maximum Gasteiger partial charge on any atom is 0.485 e. The molecule has 0 aliphatic rings. The molecule has 140 valence electrons. The van der Waals surface area contributed by atoms with Crippen molar-refractivity contribution in [3.63, 3.8) is 0 Å². The summed E-state index contributed by atoms with van der Waals surface area (Å²) in [6.07, 6.45) is 4.89. The molecule has 25 heavy (non-hydrogen) atoms. The van der Waals surface area contributed by atoms with Gasteiger partial charge in [0.1, 0.15) is 0 Å². The summed E-state index contributed by atoms with van der Waals surface area (Å²) in [7, 11) is -6.09. The van der Waals surface area contributed by atoms with Crippen LogP contribution >= 0.6 is 0 Å². The van der Waals surface area contributed by atoms with E-state index in [4.69, 9.17) is 13.0 Å². The van der Waals surface area contributed by atoms with Gasteiger partial charge in [0.05, 0.1) is 0 Å². The van der Waals surface area contributed by atoms with Crippen molar-refractivity contribution in [3.8, 4) is 0 Å². The molecule has 1 atom stereocenters. The predicted molar refractivity (Wildman–Crippen MR) is 92.4 cm³/mol. The van der Waals surface area contributed by atoms with E-state index >= 15 is 0 Å². The van der Waals surface area contributed by atoms with Crippen LogP contribution in [0.2, 0.25) is 5.82 Å². The normalized spacial score (nSPS) is 13.4. The molecule has 0 radical (unpaired) electrons. The first-order valence-corrected chi connectivity index (χ1v) is 11.0. The maximum absolute atomic E-state index is 10.7. The number of nitrogens with one attached hydrogen (secondary N) is 1. The zero-order valence-electron chi connectivity index (χ0n) is 13.6. The van der Waals surface area contributed by atoms with Crippen molar-refractivity contribution in [3.05, 3.63) is 61.2 Å². The van der Waals surface area contributed by atoms with Crippen molar-refractivity contribution < 1.29 is 31.1 Å². The molecule has 0 heterocycles. The third-order valence-electron chi connectivity index (χ3n) is 2.84. The summed E-state index contributed by atoms with van der Waals surface area (Å²) < 4.78 is 60.3. The van der Waals surface area contributed by atoms with E-state index < -0.39 is 15.6 Å². The van der Waals surface area contributed by atoms with Crippen LogP contribution in [0.25, 0.3) is 0 Å². The smallest absolute Gasteiger partial charge is 0.485 e. The minimum atomic E-state index is -6.09. The summed E-state index contributed by atoms with van der Waals surface area (Å²) in [6, 6.07) is 10.6. The van der Waals surface area contributed by atoms with Gasteiger partial charge in [0.25, 0.3) is 0 Å². The van der Waals surface area contributed by atoms with E-state index in [1.165, 1.54) is 10.2 Å². The number of rotatable bonds is 7. The van der Waals surface area contributed by atoms with Crippen LogP contribution in [0.15, 0.2) is 55.6 Å². The number of hydrogen-bond acceptors (Lipinski definition) is 3. The van der Waals surface area contributed by atoms with Gasteiger partial charge in [-0.3, -0.25) is 0 Å². The number of benzene rings is 1. The summed E-state index contributed by atoms with van der Waals surface area (Å²) in [4.78, 5) is 3.48. The van der Waals surface area contributed by atoms with Crippen LogP contribution in [0.4, 0.5) is 13.2 Å². The van der Waals surface area contributed by atoms with Gasteiger partial charge >= 0.3 is 116 Å². The van der Waals surface area contributed by atoms with Gasteiger partial charge in [-0.25, -0.2) is 8.42 Å². The van der Waals surface area contributed by atoms with Crippen LogP contribution in [0.5, 0.6) is 0 Å². The molecule has 9 heteroatoms. The standard InChI is InChI=1S/C15H19NSe.CHF3O3S/c1-4-9-14(13-10-7-6-8-11-13)15(17-3)16-12-5-2;2-1(3,4)8(5,6)7/h4-8,10-11,14H,1-2,9,12H2,3H3;(H,5,6,7). The molecule has 0 saturated carbocycles. The first-order valence-electron chi connectivity index (χ1n) is 7.02.